The number of hydrogen-bond donors (Lipinski definition) is 1. The minimum absolute atomic E-state index is 0.186. The largest absolute Gasteiger partial charge is 0.455 e. The van der Waals surface area contributed by atoms with E-state index in [2.05, 4.69) is 0 Å². The average molecular weight is 220 g/mol. The summed E-state index contributed by atoms with van der Waals surface area (Å²) in [6.07, 6.45) is -1.39. The van der Waals surface area contributed by atoms with Gasteiger partial charge in [0.05, 0.1) is 0 Å². The van der Waals surface area contributed by atoms with Crippen LogP contribution in [0, 0.1) is 0 Å². The number of fused-ring (bicyclic) bond motifs is 2. The zero-order valence-corrected chi connectivity index (χ0v) is 8.79. The van der Waals surface area contributed by atoms with Gasteiger partial charge >= 0.3 is 5.97 Å². The number of ether oxygens (including phenoxy) is 2. The van der Waals surface area contributed by atoms with Gasteiger partial charge in [-0.1, -0.05) is 24.3 Å². The Morgan fingerprint density at radius 3 is 2.69 bits per heavy atom. The van der Waals surface area contributed by atoms with E-state index in [-0.39, 0.29) is 24.3 Å². The Kier molecular flexibility index (Phi) is 2.02. The van der Waals surface area contributed by atoms with Crippen molar-refractivity contribution in [1.82, 2.24) is 0 Å². The summed E-state index contributed by atoms with van der Waals surface area (Å²) in [7, 11) is 0. The molecule has 1 heterocycles. The number of esters is 1. The number of rotatable bonds is 1. The first kappa shape index (κ1) is 9.81. The number of aliphatic hydroxyl groups excluding tert-OH is 1. The normalized spacial score (nSPS) is 34.9. The number of hydrogen-bond acceptors (Lipinski definition) is 4. The van der Waals surface area contributed by atoms with Crippen LogP contribution in [0.5, 0.6) is 0 Å². The van der Waals surface area contributed by atoms with E-state index in [1.807, 2.05) is 24.3 Å². The van der Waals surface area contributed by atoms with E-state index in [1.165, 1.54) is 6.92 Å². The maximum Gasteiger partial charge on any atom is 0.303 e. The van der Waals surface area contributed by atoms with Gasteiger partial charge in [0.1, 0.15) is 18.3 Å². The Morgan fingerprint density at radius 1 is 1.31 bits per heavy atom. The Bertz CT molecular complexity index is 442. The van der Waals surface area contributed by atoms with Gasteiger partial charge in [0.2, 0.25) is 0 Å². The Balaban J connectivity index is 2.01. The maximum absolute atomic E-state index is 11.0. The van der Waals surface area contributed by atoms with Gasteiger partial charge in [0.25, 0.3) is 0 Å². The number of carbonyl (C=O) groups is 1. The van der Waals surface area contributed by atoms with Crippen LogP contribution in [-0.4, -0.2) is 23.3 Å². The van der Waals surface area contributed by atoms with Crippen molar-refractivity contribution < 1.29 is 19.4 Å². The minimum atomic E-state index is -0.604. The van der Waals surface area contributed by atoms with Crippen LogP contribution < -0.4 is 0 Å². The average Bonchev–Trinajstić information content (AvgIpc) is 3.04. The highest BCUT2D eigenvalue weighted by Gasteiger charge is 2.56. The fraction of sp³-hybridized carbons (Fsp3) is 0.417. The molecular weight excluding hydrogens is 208 g/mol. The second-order valence-electron chi connectivity index (χ2n) is 4.17. The van der Waals surface area contributed by atoms with Crippen LogP contribution in [0.25, 0.3) is 0 Å². The SMILES string of the molecule is CC(=O)O[C@H]1c2ccccc2[C@@H](O)[C@H]2O[C@H]21. The van der Waals surface area contributed by atoms with Crippen molar-refractivity contribution in [2.45, 2.75) is 31.3 Å². The van der Waals surface area contributed by atoms with Crippen molar-refractivity contribution in [3.8, 4) is 0 Å². The Hall–Kier alpha value is -1.39. The number of carbonyl (C=O) groups excluding carboxylic acids is 1. The molecule has 4 nitrogen and oxygen atoms in total. The molecule has 2 aliphatic rings. The molecule has 3 rings (SSSR count). The van der Waals surface area contributed by atoms with Gasteiger partial charge in [-0.2, -0.15) is 0 Å². The molecule has 1 saturated heterocycles. The lowest BCUT2D eigenvalue weighted by Gasteiger charge is -2.24. The van der Waals surface area contributed by atoms with Crippen LogP contribution >= 0.6 is 0 Å². The van der Waals surface area contributed by atoms with Crippen LogP contribution in [0.3, 0.4) is 0 Å². The van der Waals surface area contributed by atoms with Gasteiger partial charge in [0, 0.05) is 12.5 Å². The molecule has 1 aromatic carbocycles. The lowest BCUT2D eigenvalue weighted by molar-refractivity contribution is -0.148. The summed E-state index contributed by atoms with van der Waals surface area (Å²) in [6, 6.07) is 7.43. The third-order valence-corrected chi connectivity index (χ3v) is 3.09. The number of epoxide rings is 1. The summed E-state index contributed by atoms with van der Waals surface area (Å²) in [5.74, 6) is -0.328. The van der Waals surface area contributed by atoms with Gasteiger partial charge in [-0.25, -0.2) is 0 Å². The topological polar surface area (TPSA) is 59.1 Å². The molecule has 16 heavy (non-hydrogen) atoms. The fourth-order valence-electron chi connectivity index (χ4n) is 2.34. The predicted molar refractivity (Wildman–Crippen MR) is 54.6 cm³/mol. The van der Waals surface area contributed by atoms with Crippen LogP contribution in [0.15, 0.2) is 24.3 Å². The highest BCUT2D eigenvalue weighted by Crippen LogP contribution is 2.49. The predicted octanol–water partition coefficient (Wildman–Crippen LogP) is 1.11. The van der Waals surface area contributed by atoms with Crippen molar-refractivity contribution in [2.75, 3.05) is 0 Å². The first-order valence-electron chi connectivity index (χ1n) is 5.28. The molecule has 0 saturated carbocycles. The molecule has 4 atom stereocenters. The van der Waals surface area contributed by atoms with Gasteiger partial charge in [-0.05, 0) is 5.56 Å². The molecule has 1 aliphatic heterocycles. The van der Waals surface area contributed by atoms with E-state index < -0.39 is 6.10 Å². The summed E-state index contributed by atoms with van der Waals surface area (Å²) >= 11 is 0. The van der Waals surface area contributed by atoms with Gasteiger partial charge in [-0.15, -0.1) is 0 Å². The third kappa shape index (κ3) is 1.34. The second-order valence-corrected chi connectivity index (χ2v) is 4.17. The Labute approximate surface area is 92.8 Å². The number of aliphatic hydroxyl groups is 1. The lowest BCUT2D eigenvalue weighted by atomic mass is 9.87. The van der Waals surface area contributed by atoms with Crippen LogP contribution in [0.2, 0.25) is 0 Å². The van der Waals surface area contributed by atoms with Crippen molar-refractivity contribution in [2.24, 2.45) is 0 Å². The quantitative estimate of drug-likeness (QED) is 0.569. The molecule has 1 fully saturated rings. The third-order valence-electron chi connectivity index (χ3n) is 3.09. The highest BCUT2D eigenvalue weighted by molar-refractivity contribution is 5.66. The van der Waals surface area contributed by atoms with E-state index >= 15 is 0 Å². The fourth-order valence-corrected chi connectivity index (χ4v) is 2.34. The minimum Gasteiger partial charge on any atom is -0.455 e. The smallest absolute Gasteiger partial charge is 0.303 e. The van der Waals surface area contributed by atoms with Crippen molar-refractivity contribution >= 4 is 5.97 Å². The summed E-state index contributed by atoms with van der Waals surface area (Å²) in [4.78, 5) is 11.0. The molecule has 84 valence electrons. The standard InChI is InChI=1S/C12H12O4/c1-6(13)15-10-8-5-3-2-4-7(8)9(14)11-12(10)16-11/h2-5,9-12,14H,1H3/t9-,10+,11-,12+/m1/s1. The summed E-state index contributed by atoms with van der Waals surface area (Å²) in [6.45, 7) is 1.38. The zero-order chi connectivity index (χ0) is 11.3. The molecule has 0 amide bonds. The van der Waals surface area contributed by atoms with Crippen LogP contribution in [-0.2, 0) is 14.3 Å². The lowest BCUT2D eigenvalue weighted by Crippen LogP contribution is -2.25. The molecule has 0 bridgehead atoms. The summed E-state index contributed by atoms with van der Waals surface area (Å²) in [5.41, 5.74) is 1.65. The summed E-state index contributed by atoms with van der Waals surface area (Å²) < 4.78 is 10.6. The van der Waals surface area contributed by atoms with Gasteiger partial charge in [0.15, 0.2) is 6.10 Å². The molecule has 4 heteroatoms. The molecule has 1 aromatic rings. The summed E-state index contributed by atoms with van der Waals surface area (Å²) in [5, 5.41) is 9.96. The molecule has 0 radical (unpaired) electrons. The molecule has 0 spiro atoms. The van der Waals surface area contributed by atoms with Crippen LogP contribution in [0.4, 0.5) is 0 Å². The van der Waals surface area contributed by atoms with Crippen molar-refractivity contribution in [1.29, 1.82) is 0 Å². The van der Waals surface area contributed by atoms with Gasteiger partial charge in [-0.3, -0.25) is 4.79 Å². The van der Waals surface area contributed by atoms with Crippen molar-refractivity contribution in [3.63, 3.8) is 0 Å². The first-order valence-corrected chi connectivity index (χ1v) is 5.28. The van der Waals surface area contributed by atoms with E-state index in [1.54, 1.807) is 0 Å². The maximum atomic E-state index is 11.0. The van der Waals surface area contributed by atoms with E-state index in [9.17, 15) is 9.90 Å². The molecule has 0 aromatic heterocycles. The van der Waals surface area contributed by atoms with Crippen LogP contribution in [0.1, 0.15) is 30.3 Å². The van der Waals surface area contributed by atoms with E-state index in [4.69, 9.17) is 9.47 Å². The van der Waals surface area contributed by atoms with E-state index in [0.29, 0.717) is 0 Å². The van der Waals surface area contributed by atoms with Gasteiger partial charge < -0.3 is 14.6 Å². The van der Waals surface area contributed by atoms with Crippen molar-refractivity contribution in [3.05, 3.63) is 35.4 Å². The zero-order valence-electron chi connectivity index (χ0n) is 8.79. The van der Waals surface area contributed by atoms with E-state index in [0.717, 1.165) is 11.1 Å². The first-order chi connectivity index (χ1) is 7.68. The molecule has 1 N–H and O–H groups in total. The molecule has 0 unspecified atom stereocenters. The monoisotopic (exact) mass is 220 g/mol. The number of benzene rings is 1. The Morgan fingerprint density at radius 2 is 2.00 bits per heavy atom. The molecule has 1 aliphatic carbocycles. The second kappa shape index (κ2) is 3.30. The molecular formula is C12H12O4. The highest BCUT2D eigenvalue weighted by atomic mass is 16.6.